The SMILES string of the molecule is O=C(O)CN[C@@]1(O)CC=CO1. The molecule has 0 aliphatic carbocycles. The molecule has 1 aliphatic rings. The van der Waals surface area contributed by atoms with Crippen molar-refractivity contribution in [2.75, 3.05) is 6.54 Å². The van der Waals surface area contributed by atoms with Crippen LogP contribution in [0.2, 0.25) is 0 Å². The van der Waals surface area contributed by atoms with Gasteiger partial charge in [0.25, 0.3) is 5.91 Å². The molecule has 62 valence electrons. The van der Waals surface area contributed by atoms with Gasteiger partial charge in [-0.25, -0.2) is 5.32 Å². The molecule has 0 saturated heterocycles. The maximum atomic E-state index is 10.0. The van der Waals surface area contributed by atoms with E-state index in [0.29, 0.717) is 0 Å². The average Bonchev–Trinajstić information content (AvgIpc) is 2.33. The van der Waals surface area contributed by atoms with Crippen molar-refractivity contribution in [3.63, 3.8) is 0 Å². The number of nitrogens with one attached hydrogen (secondary N) is 1. The minimum atomic E-state index is -1.52. The van der Waals surface area contributed by atoms with Crippen LogP contribution in [-0.2, 0) is 9.53 Å². The Kier molecular flexibility index (Phi) is 2.11. The molecule has 5 nitrogen and oxygen atoms in total. The van der Waals surface area contributed by atoms with Crippen LogP contribution in [0.5, 0.6) is 0 Å². The van der Waals surface area contributed by atoms with Gasteiger partial charge in [0, 0.05) is 6.42 Å². The lowest BCUT2D eigenvalue weighted by Crippen LogP contribution is -2.46. The molecule has 5 heteroatoms. The Hall–Kier alpha value is -1.07. The predicted molar refractivity (Wildman–Crippen MR) is 35.4 cm³/mol. The molecular weight excluding hydrogens is 150 g/mol. The van der Waals surface area contributed by atoms with Crippen LogP contribution in [0.4, 0.5) is 0 Å². The van der Waals surface area contributed by atoms with Crippen molar-refractivity contribution in [2.24, 2.45) is 0 Å². The summed E-state index contributed by atoms with van der Waals surface area (Å²) in [5, 5.41) is 19.8. The summed E-state index contributed by atoms with van der Waals surface area (Å²) in [5.74, 6) is -2.55. The third-order valence-corrected chi connectivity index (χ3v) is 1.27. The number of hydrogen-bond acceptors (Lipinski definition) is 4. The number of carboxylic acids is 1. The number of aliphatic hydroxyl groups is 1. The molecule has 0 radical (unpaired) electrons. The topological polar surface area (TPSA) is 78.8 Å². The van der Waals surface area contributed by atoms with Crippen molar-refractivity contribution < 1.29 is 19.7 Å². The minimum Gasteiger partial charge on any atom is -0.480 e. The fourth-order valence-electron chi connectivity index (χ4n) is 0.744. The molecule has 0 spiro atoms. The molecular formula is C6H9NO4. The highest BCUT2D eigenvalue weighted by atomic mass is 16.6. The Bertz CT molecular complexity index is 181. The molecule has 0 aromatic carbocycles. The summed E-state index contributed by atoms with van der Waals surface area (Å²) in [6, 6.07) is 0. The summed E-state index contributed by atoms with van der Waals surface area (Å²) in [4.78, 5) is 10.0. The molecule has 0 saturated carbocycles. The van der Waals surface area contributed by atoms with Crippen LogP contribution in [0.15, 0.2) is 12.3 Å². The number of ether oxygens (including phenoxy) is 1. The van der Waals surface area contributed by atoms with Crippen LogP contribution < -0.4 is 5.32 Å². The summed E-state index contributed by atoms with van der Waals surface area (Å²) < 4.78 is 4.69. The van der Waals surface area contributed by atoms with Crippen LogP contribution in [0.3, 0.4) is 0 Å². The third-order valence-electron chi connectivity index (χ3n) is 1.27. The Morgan fingerprint density at radius 3 is 3.00 bits per heavy atom. The Morgan fingerprint density at radius 1 is 1.82 bits per heavy atom. The molecule has 1 heterocycles. The second-order valence-electron chi connectivity index (χ2n) is 2.23. The van der Waals surface area contributed by atoms with Crippen molar-refractivity contribution in [1.29, 1.82) is 0 Å². The van der Waals surface area contributed by atoms with Crippen molar-refractivity contribution in [1.82, 2.24) is 5.32 Å². The van der Waals surface area contributed by atoms with E-state index < -0.39 is 11.9 Å². The largest absolute Gasteiger partial charge is 0.480 e. The molecule has 0 fully saturated rings. The molecule has 0 amide bonds. The van der Waals surface area contributed by atoms with Crippen LogP contribution in [-0.4, -0.2) is 28.6 Å². The third kappa shape index (κ3) is 2.21. The van der Waals surface area contributed by atoms with Gasteiger partial charge in [-0.1, -0.05) is 0 Å². The summed E-state index contributed by atoms with van der Waals surface area (Å²) in [7, 11) is 0. The fourth-order valence-corrected chi connectivity index (χ4v) is 0.744. The lowest BCUT2D eigenvalue weighted by molar-refractivity contribution is -0.179. The molecule has 1 atom stereocenters. The molecule has 1 aliphatic heterocycles. The van der Waals surface area contributed by atoms with E-state index in [9.17, 15) is 9.90 Å². The van der Waals surface area contributed by atoms with Gasteiger partial charge in [0.05, 0.1) is 12.8 Å². The Morgan fingerprint density at radius 2 is 2.55 bits per heavy atom. The van der Waals surface area contributed by atoms with E-state index in [1.165, 1.54) is 6.26 Å². The van der Waals surface area contributed by atoms with Crippen LogP contribution >= 0.6 is 0 Å². The fraction of sp³-hybridized carbons (Fsp3) is 0.500. The monoisotopic (exact) mass is 159 g/mol. The van der Waals surface area contributed by atoms with Gasteiger partial charge in [-0.2, -0.15) is 0 Å². The number of hydrogen-bond donors (Lipinski definition) is 3. The van der Waals surface area contributed by atoms with E-state index in [2.05, 4.69) is 5.32 Å². The van der Waals surface area contributed by atoms with Gasteiger partial charge in [-0.15, -0.1) is 0 Å². The van der Waals surface area contributed by atoms with Crippen molar-refractivity contribution in [3.05, 3.63) is 12.3 Å². The van der Waals surface area contributed by atoms with E-state index in [-0.39, 0.29) is 13.0 Å². The van der Waals surface area contributed by atoms with Gasteiger partial charge < -0.3 is 14.9 Å². The zero-order chi connectivity index (χ0) is 8.32. The first-order valence-corrected chi connectivity index (χ1v) is 3.14. The van der Waals surface area contributed by atoms with E-state index in [0.717, 1.165) is 0 Å². The van der Waals surface area contributed by atoms with Crippen LogP contribution in [0.1, 0.15) is 6.42 Å². The lowest BCUT2D eigenvalue weighted by atomic mass is 10.3. The minimum absolute atomic E-state index is 0.264. The maximum Gasteiger partial charge on any atom is 0.317 e. The maximum absolute atomic E-state index is 10.0. The second kappa shape index (κ2) is 2.89. The van der Waals surface area contributed by atoms with Crippen LogP contribution in [0.25, 0.3) is 0 Å². The molecule has 0 bridgehead atoms. The first kappa shape index (κ1) is 8.03. The van der Waals surface area contributed by atoms with Crippen molar-refractivity contribution >= 4 is 5.97 Å². The summed E-state index contributed by atoms with van der Waals surface area (Å²) in [6.07, 6.45) is 3.20. The number of rotatable bonds is 3. The number of carbonyl (C=O) groups is 1. The first-order chi connectivity index (χ1) is 5.12. The Balaban J connectivity index is 2.30. The second-order valence-corrected chi connectivity index (χ2v) is 2.23. The molecule has 3 N–H and O–H groups in total. The van der Waals surface area contributed by atoms with Crippen molar-refractivity contribution in [3.8, 4) is 0 Å². The van der Waals surface area contributed by atoms with E-state index >= 15 is 0 Å². The van der Waals surface area contributed by atoms with Gasteiger partial charge in [-0.3, -0.25) is 4.79 Å². The zero-order valence-electron chi connectivity index (χ0n) is 5.78. The van der Waals surface area contributed by atoms with E-state index in [4.69, 9.17) is 9.84 Å². The van der Waals surface area contributed by atoms with Gasteiger partial charge in [0.1, 0.15) is 0 Å². The predicted octanol–water partition coefficient (Wildman–Crippen LogP) is -0.759. The van der Waals surface area contributed by atoms with E-state index in [1.807, 2.05) is 0 Å². The van der Waals surface area contributed by atoms with Gasteiger partial charge >= 0.3 is 5.97 Å². The average molecular weight is 159 g/mol. The number of carboxylic acid groups (broad SMARTS) is 1. The smallest absolute Gasteiger partial charge is 0.317 e. The highest BCUT2D eigenvalue weighted by Gasteiger charge is 2.29. The van der Waals surface area contributed by atoms with Gasteiger partial charge in [0.15, 0.2) is 0 Å². The molecule has 0 unspecified atom stereocenters. The normalized spacial score (nSPS) is 28.5. The standard InChI is InChI=1S/C6H9NO4/c8-5(9)4-7-6(10)2-1-3-11-6/h1,3,7,10H,2,4H2,(H,8,9)/t6-/m1/s1. The van der Waals surface area contributed by atoms with E-state index in [1.54, 1.807) is 6.08 Å². The highest BCUT2D eigenvalue weighted by molar-refractivity contribution is 5.69. The zero-order valence-corrected chi connectivity index (χ0v) is 5.78. The lowest BCUT2D eigenvalue weighted by Gasteiger charge is -2.21. The molecule has 0 aromatic rings. The van der Waals surface area contributed by atoms with Crippen LogP contribution in [0, 0.1) is 0 Å². The van der Waals surface area contributed by atoms with Crippen molar-refractivity contribution in [2.45, 2.75) is 12.3 Å². The van der Waals surface area contributed by atoms with Gasteiger partial charge in [-0.05, 0) is 6.08 Å². The first-order valence-electron chi connectivity index (χ1n) is 3.14. The molecule has 11 heavy (non-hydrogen) atoms. The quantitative estimate of drug-likeness (QED) is 0.472. The number of aliphatic carboxylic acids is 1. The highest BCUT2D eigenvalue weighted by Crippen LogP contribution is 2.15. The summed E-state index contributed by atoms with van der Waals surface area (Å²) >= 11 is 0. The molecule has 0 aromatic heterocycles. The summed E-state index contributed by atoms with van der Waals surface area (Å²) in [6.45, 7) is -0.321. The molecule has 1 rings (SSSR count). The van der Waals surface area contributed by atoms with Gasteiger partial charge in [0.2, 0.25) is 0 Å². The Labute approximate surface area is 63.3 Å². The summed E-state index contributed by atoms with van der Waals surface area (Å²) in [5.41, 5.74) is 0.